The van der Waals surface area contributed by atoms with Crippen LogP contribution in [0.4, 0.5) is 5.69 Å². The molecule has 0 saturated carbocycles. The van der Waals surface area contributed by atoms with Gasteiger partial charge in [0.05, 0.1) is 11.0 Å². The first-order chi connectivity index (χ1) is 11.7. The Morgan fingerprint density at radius 1 is 1.16 bits per heavy atom. The average Bonchev–Trinajstić information content (AvgIpc) is 2.53. The van der Waals surface area contributed by atoms with Gasteiger partial charge >= 0.3 is 0 Å². The maximum Gasteiger partial charge on any atom is 0.289 e. The Kier molecular flexibility index (Phi) is 4.26. The van der Waals surface area contributed by atoms with Crippen molar-refractivity contribution in [3.8, 4) is 5.75 Å². The first kappa shape index (κ1) is 17.4. The number of nitrogens with zero attached hydrogens (tertiary/aromatic N) is 1. The standard InChI is InChI=1S/C17H18N2O5S/c1-17(2)11-13(12-7-3-5-9-15(12)24-17)18-25(22,23)16-10-6-4-8-14(16)19(20)21/h3-10,13,18H,11H2,1-2H3. The number of hydrogen-bond donors (Lipinski definition) is 1. The number of sulfonamides is 1. The number of hydrogen-bond acceptors (Lipinski definition) is 5. The van der Waals surface area contributed by atoms with Gasteiger partial charge < -0.3 is 4.74 Å². The van der Waals surface area contributed by atoms with Gasteiger partial charge in [-0.05, 0) is 26.0 Å². The molecule has 0 fully saturated rings. The van der Waals surface area contributed by atoms with Crippen LogP contribution in [0.2, 0.25) is 0 Å². The molecule has 0 bridgehead atoms. The van der Waals surface area contributed by atoms with Crippen molar-refractivity contribution < 1.29 is 18.1 Å². The Balaban J connectivity index is 2.01. The Morgan fingerprint density at radius 2 is 1.80 bits per heavy atom. The van der Waals surface area contributed by atoms with Crippen molar-refractivity contribution in [3.05, 3.63) is 64.2 Å². The second kappa shape index (κ2) is 6.12. The minimum absolute atomic E-state index is 0.346. The van der Waals surface area contributed by atoms with E-state index in [0.717, 1.165) is 0 Å². The fourth-order valence-corrected chi connectivity index (χ4v) is 4.38. The third-order valence-corrected chi connectivity index (χ3v) is 5.54. The number of nitro benzene ring substituents is 1. The predicted molar refractivity (Wildman–Crippen MR) is 91.9 cm³/mol. The van der Waals surface area contributed by atoms with E-state index in [1.165, 1.54) is 24.3 Å². The summed E-state index contributed by atoms with van der Waals surface area (Å²) in [5.74, 6) is 0.606. The van der Waals surface area contributed by atoms with Crippen LogP contribution in [0.3, 0.4) is 0 Å². The van der Waals surface area contributed by atoms with Gasteiger partial charge in [-0.2, -0.15) is 0 Å². The molecule has 0 amide bonds. The fourth-order valence-electron chi connectivity index (χ4n) is 2.99. The molecule has 1 unspecified atom stereocenters. The minimum Gasteiger partial charge on any atom is -0.487 e. The summed E-state index contributed by atoms with van der Waals surface area (Å²) in [6, 6.07) is 11.9. The molecular formula is C17H18N2O5S. The predicted octanol–water partition coefficient (Wildman–Crippen LogP) is 3.18. The van der Waals surface area contributed by atoms with E-state index < -0.39 is 32.3 Å². The van der Waals surface area contributed by atoms with E-state index in [1.807, 2.05) is 19.9 Å². The molecular weight excluding hydrogens is 344 g/mol. The second-order valence-corrected chi connectivity index (χ2v) is 8.18. The number of rotatable bonds is 4. The van der Waals surface area contributed by atoms with E-state index in [-0.39, 0.29) is 4.90 Å². The summed E-state index contributed by atoms with van der Waals surface area (Å²) in [4.78, 5) is 10.1. The molecule has 0 saturated heterocycles. The first-order valence-electron chi connectivity index (χ1n) is 7.73. The number of nitro groups is 1. The number of para-hydroxylation sites is 2. The van der Waals surface area contributed by atoms with Crippen LogP contribution in [0.25, 0.3) is 0 Å². The highest BCUT2D eigenvalue weighted by Gasteiger charge is 2.37. The molecule has 0 radical (unpaired) electrons. The Morgan fingerprint density at radius 3 is 2.52 bits per heavy atom. The smallest absolute Gasteiger partial charge is 0.289 e. The van der Waals surface area contributed by atoms with Crippen molar-refractivity contribution in [2.45, 2.75) is 36.8 Å². The molecule has 7 nitrogen and oxygen atoms in total. The SMILES string of the molecule is CC1(C)CC(NS(=O)(=O)c2ccccc2[N+](=O)[O-])c2ccccc2O1. The molecule has 3 rings (SSSR count). The number of ether oxygens (including phenoxy) is 1. The van der Waals surface area contributed by atoms with Gasteiger partial charge in [0.1, 0.15) is 11.4 Å². The molecule has 25 heavy (non-hydrogen) atoms. The summed E-state index contributed by atoms with van der Waals surface area (Å²) in [6.45, 7) is 3.74. The van der Waals surface area contributed by atoms with Crippen LogP contribution in [0.15, 0.2) is 53.4 Å². The molecule has 8 heteroatoms. The van der Waals surface area contributed by atoms with Crippen LogP contribution in [0.5, 0.6) is 5.75 Å². The van der Waals surface area contributed by atoms with Crippen molar-refractivity contribution in [2.24, 2.45) is 0 Å². The topological polar surface area (TPSA) is 98.5 Å². The largest absolute Gasteiger partial charge is 0.487 e. The monoisotopic (exact) mass is 362 g/mol. The van der Waals surface area contributed by atoms with Crippen LogP contribution in [-0.4, -0.2) is 18.9 Å². The van der Waals surface area contributed by atoms with Crippen LogP contribution >= 0.6 is 0 Å². The summed E-state index contributed by atoms with van der Waals surface area (Å²) in [7, 11) is -4.08. The van der Waals surface area contributed by atoms with Crippen molar-refractivity contribution in [1.29, 1.82) is 0 Å². The summed E-state index contributed by atoms with van der Waals surface area (Å²) >= 11 is 0. The fraction of sp³-hybridized carbons (Fsp3) is 0.294. The summed E-state index contributed by atoms with van der Waals surface area (Å²) in [5, 5.41) is 11.2. The molecule has 1 aliphatic rings. The second-order valence-electron chi connectivity index (χ2n) is 6.50. The Hall–Kier alpha value is -2.45. The van der Waals surface area contributed by atoms with E-state index in [9.17, 15) is 18.5 Å². The minimum atomic E-state index is -4.08. The molecule has 1 N–H and O–H groups in total. The highest BCUT2D eigenvalue weighted by Crippen LogP contribution is 2.40. The van der Waals surface area contributed by atoms with E-state index in [4.69, 9.17) is 4.74 Å². The molecule has 1 aliphatic heterocycles. The van der Waals surface area contributed by atoms with Crippen LogP contribution < -0.4 is 9.46 Å². The summed E-state index contributed by atoms with van der Waals surface area (Å²) in [6.07, 6.45) is 0.407. The maximum absolute atomic E-state index is 12.8. The number of fused-ring (bicyclic) bond motifs is 1. The van der Waals surface area contributed by atoms with Gasteiger partial charge in [0.2, 0.25) is 10.0 Å². The van der Waals surface area contributed by atoms with Crippen molar-refractivity contribution in [2.75, 3.05) is 0 Å². The van der Waals surface area contributed by atoms with Crippen LogP contribution in [0.1, 0.15) is 31.9 Å². The molecule has 1 atom stereocenters. The quantitative estimate of drug-likeness (QED) is 0.665. The van der Waals surface area contributed by atoms with Gasteiger partial charge in [0.25, 0.3) is 5.69 Å². The van der Waals surface area contributed by atoms with Crippen molar-refractivity contribution in [1.82, 2.24) is 4.72 Å². The third kappa shape index (κ3) is 3.49. The third-order valence-electron chi connectivity index (χ3n) is 4.03. The lowest BCUT2D eigenvalue weighted by molar-refractivity contribution is -0.387. The summed E-state index contributed by atoms with van der Waals surface area (Å²) < 4.78 is 34.1. The highest BCUT2D eigenvalue weighted by molar-refractivity contribution is 7.89. The average molecular weight is 362 g/mol. The maximum atomic E-state index is 12.8. The summed E-state index contributed by atoms with van der Waals surface area (Å²) in [5.41, 5.74) is -0.303. The molecule has 0 aromatic heterocycles. The molecule has 132 valence electrons. The van der Waals surface area contributed by atoms with E-state index >= 15 is 0 Å². The van der Waals surface area contributed by atoms with E-state index in [2.05, 4.69) is 4.72 Å². The Labute approximate surface area is 145 Å². The lowest BCUT2D eigenvalue weighted by Crippen LogP contribution is -2.41. The molecule has 2 aromatic rings. The molecule has 1 heterocycles. The Bertz CT molecular complexity index is 924. The van der Waals surface area contributed by atoms with Gasteiger partial charge in [-0.3, -0.25) is 10.1 Å². The normalized spacial score (nSPS) is 18.9. The van der Waals surface area contributed by atoms with Crippen LogP contribution in [0, 0.1) is 10.1 Å². The zero-order chi connectivity index (χ0) is 18.2. The van der Waals surface area contributed by atoms with Gasteiger partial charge in [-0.15, -0.1) is 0 Å². The van der Waals surface area contributed by atoms with Crippen molar-refractivity contribution in [3.63, 3.8) is 0 Å². The molecule has 2 aromatic carbocycles. The van der Waals surface area contributed by atoms with Gasteiger partial charge in [0, 0.05) is 18.1 Å². The number of benzene rings is 2. The van der Waals surface area contributed by atoms with Crippen molar-refractivity contribution >= 4 is 15.7 Å². The zero-order valence-corrected chi connectivity index (χ0v) is 14.6. The van der Waals surface area contributed by atoms with Gasteiger partial charge in [-0.25, -0.2) is 13.1 Å². The zero-order valence-electron chi connectivity index (χ0n) is 13.8. The van der Waals surface area contributed by atoms with Gasteiger partial charge in [-0.1, -0.05) is 30.3 Å². The van der Waals surface area contributed by atoms with E-state index in [0.29, 0.717) is 17.7 Å². The highest BCUT2D eigenvalue weighted by atomic mass is 32.2. The lowest BCUT2D eigenvalue weighted by atomic mass is 9.90. The lowest BCUT2D eigenvalue weighted by Gasteiger charge is -2.37. The molecule has 0 spiro atoms. The van der Waals surface area contributed by atoms with Gasteiger partial charge in [0.15, 0.2) is 4.90 Å². The van der Waals surface area contributed by atoms with Crippen LogP contribution in [-0.2, 0) is 10.0 Å². The number of nitrogens with one attached hydrogen (secondary N) is 1. The first-order valence-corrected chi connectivity index (χ1v) is 9.22. The molecule has 0 aliphatic carbocycles. The van der Waals surface area contributed by atoms with E-state index in [1.54, 1.807) is 18.2 Å².